The topological polar surface area (TPSA) is 15.3 Å². The van der Waals surface area contributed by atoms with Crippen LogP contribution in [0.2, 0.25) is 0 Å². The Bertz CT molecular complexity index is 346. The second-order valence-electron chi connectivity index (χ2n) is 5.22. The molecule has 0 amide bonds. The van der Waals surface area contributed by atoms with Gasteiger partial charge in [0.05, 0.1) is 0 Å². The molecule has 1 aliphatic heterocycles. The van der Waals surface area contributed by atoms with Crippen LogP contribution in [0, 0.1) is 17.7 Å². The van der Waals surface area contributed by atoms with E-state index < -0.39 is 0 Å². The Kier molecular flexibility index (Phi) is 4.13. The number of nitrogens with one attached hydrogen (secondary N) is 1. The number of nitrogens with zero attached hydrogens (tertiary/aromatic N) is 1. The van der Waals surface area contributed by atoms with E-state index in [-0.39, 0.29) is 5.82 Å². The third-order valence-corrected chi connectivity index (χ3v) is 3.58. The average Bonchev–Trinajstić information content (AvgIpc) is 2.18. The normalized spacial score (nSPS) is 18.1. The highest BCUT2D eigenvalue weighted by Gasteiger charge is 2.24. The first-order chi connectivity index (χ1) is 8.15. The Balaban J connectivity index is 1.79. The molecule has 17 heavy (non-hydrogen) atoms. The Labute approximate surface area is 103 Å². The lowest BCUT2D eigenvalue weighted by Gasteiger charge is -2.34. The minimum atomic E-state index is -0.162. The molecule has 94 valence electrons. The SMILES string of the molecule is CC(CN(C)Cc1ccc(F)cc1)C1CNC1. The van der Waals surface area contributed by atoms with Crippen molar-refractivity contribution in [3.63, 3.8) is 0 Å². The van der Waals surface area contributed by atoms with E-state index in [2.05, 4.69) is 24.2 Å². The van der Waals surface area contributed by atoms with Gasteiger partial charge in [0, 0.05) is 13.1 Å². The number of benzene rings is 1. The molecule has 0 radical (unpaired) electrons. The molecule has 2 rings (SSSR count). The standard InChI is InChI=1S/C14H21FN2/c1-11(13-7-16-8-13)9-17(2)10-12-3-5-14(15)6-4-12/h3-6,11,13,16H,7-10H2,1-2H3. The van der Waals surface area contributed by atoms with Crippen molar-refractivity contribution in [1.82, 2.24) is 10.2 Å². The van der Waals surface area contributed by atoms with Crippen molar-refractivity contribution in [2.45, 2.75) is 13.5 Å². The van der Waals surface area contributed by atoms with E-state index in [1.54, 1.807) is 0 Å². The lowest BCUT2D eigenvalue weighted by Crippen LogP contribution is -2.47. The molecule has 3 heteroatoms. The zero-order valence-corrected chi connectivity index (χ0v) is 10.6. The molecule has 1 unspecified atom stereocenters. The molecule has 1 aromatic rings. The second kappa shape index (κ2) is 5.61. The molecule has 0 aromatic heterocycles. The summed E-state index contributed by atoms with van der Waals surface area (Å²) in [6.07, 6.45) is 0. The second-order valence-corrected chi connectivity index (χ2v) is 5.22. The monoisotopic (exact) mass is 236 g/mol. The molecular formula is C14H21FN2. The van der Waals surface area contributed by atoms with Crippen LogP contribution in [0.3, 0.4) is 0 Å². The summed E-state index contributed by atoms with van der Waals surface area (Å²) >= 11 is 0. The largest absolute Gasteiger partial charge is 0.316 e. The number of rotatable bonds is 5. The number of halogens is 1. The first-order valence-electron chi connectivity index (χ1n) is 6.29. The van der Waals surface area contributed by atoms with Crippen LogP contribution < -0.4 is 5.32 Å². The van der Waals surface area contributed by atoms with Crippen LogP contribution in [0.1, 0.15) is 12.5 Å². The summed E-state index contributed by atoms with van der Waals surface area (Å²) in [5.41, 5.74) is 1.17. The van der Waals surface area contributed by atoms with Crippen LogP contribution in [0.25, 0.3) is 0 Å². The molecule has 0 saturated carbocycles. The summed E-state index contributed by atoms with van der Waals surface area (Å²) in [6, 6.07) is 6.79. The first-order valence-corrected chi connectivity index (χ1v) is 6.29. The zero-order chi connectivity index (χ0) is 12.3. The van der Waals surface area contributed by atoms with E-state index in [4.69, 9.17) is 0 Å². The van der Waals surface area contributed by atoms with Crippen LogP contribution in [0.5, 0.6) is 0 Å². The lowest BCUT2D eigenvalue weighted by atomic mass is 9.88. The highest BCUT2D eigenvalue weighted by molar-refractivity contribution is 5.15. The summed E-state index contributed by atoms with van der Waals surface area (Å²) < 4.78 is 12.8. The van der Waals surface area contributed by atoms with Crippen LogP contribution in [0.15, 0.2) is 24.3 Å². The van der Waals surface area contributed by atoms with Gasteiger partial charge in [0.15, 0.2) is 0 Å². The van der Waals surface area contributed by atoms with Crippen LogP contribution >= 0.6 is 0 Å². The predicted molar refractivity (Wildman–Crippen MR) is 68.3 cm³/mol. The van der Waals surface area contributed by atoms with E-state index >= 15 is 0 Å². The van der Waals surface area contributed by atoms with Gasteiger partial charge < -0.3 is 10.2 Å². The molecule has 1 atom stereocenters. The zero-order valence-electron chi connectivity index (χ0n) is 10.6. The minimum absolute atomic E-state index is 0.162. The van der Waals surface area contributed by atoms with Gasteiger partial charge in [-0.3, -0.25) is 0 Å². The molecular weight excluding hydrogens is 215 g/mol. The first kappa shape index (κ1) is 12.5. The number of hydrogen-bond acceptors (Lipinski definition) is 2. The average molecular weight is 236 g/mol. The fraction of sp³-hybridized carbons (Fsp3) is 0.571. The Morgan fingerprint density at radius 1 is 1.35 bits per heavy atom. The van der Waals surface area contributed by atoms with E-state index in [0.29, 0.717) is 0 Å². The summed E-state index contributed by atoms with van der Waals surface area (Å²) in [6.45, 7) is 6.62. The molecule has 0 aliphatic carbocycles. The maximum atomic E-state index is 12.8. The molecule has 1 N–H and O–H groups in total. The van der Waals surface area contributed by atoms with E-state index in [9.17, 15) is 4.39 Å². The highest BCUT2D eigenvalue weighted by Crippen LogP contribution is 2.17. The van der Waals surface area contributed by atoms with E-state index in [0.717, 1.165) is 38.0 Å². The van der Waals surface area contributed by atoms with Gasteiger partial charge in [-0.2, -0.15) is 0 Å². The van der Waals surface area contributed by atoms with E-state index in [1.165, 1.54) is 17.7 Å². The molecule has 1 fully saturated rings. The maximum absolute atomic E-state index is 12.8. The van der Waals surface area contributed by atoms with Crippen molar-refractivity contribution < 1.29 is 4.39 Å². The van der Waals surface area contributed by atoms with Crippen LogP contribution in [0.4, 0.5) is 4.39 Å². The van der Waals surface area contributed by atoms with Gasteiger partial charge in [-0.25, -0.2) is 4.39 Å². The lowest BCUT2D eigenvalue weighted by molar-refractivity contribution is 0.182. The van der Waals surface area contributed by atoms with Gasteiger partial charge in [0.1, 0.15) is 5.82 Å². The number of hydrogen-bond donors (Lipinski definition) is 1. The highest BCUT2D eigenvalue weighted by atomic mass is 19.1. The summed E-state index contributed by atoms with van der Waals surface area (Å²) in [7, 11) is 2.13. The fourth-order valence-electron chi connectivity index (χ4n) is 2.32. The molecule has 2 nitrogen and oxygen atoms in total. The minimum Gasteiger partial charge on any atom is -0.316 e. The summed E-state index contributed by atoms with van der Waals surface area (Å²) in [5, 5.41) is 3.31. The van der Waals surface area contributed by atoms with Crippen LogP contribution in [-0.4, -0.2) is 31.6 Å². The molecule has 0 bridgehead atoms. The van der Waals surface area contributed by atoms with Gasteiger partial charge in [-0.05, 0) is 49.7 Å². The fourth-order valence-corrected chi connectivity index (χ4v) is 2.32. The van der Waals surface area contributed by atoms with Gasteiger partial charge in [-0.15, -0.1) is 0 Å². The van der Waals surface area contributed by atoms with Gasteiger partial charge >= 0.3 is 0 Å². The Morgan fingerprint density at radius 2 is 2.00 bits per heavy atom. The molecule has 1 aromatic carbocycles. The Hall–Kier alpha value is -0.930. The van der Waals surface area contributed by atoms with Crippen molar-refractivity contribution in [2.24, 2.45) is 11.8 Å². The molecule has 1 saturated heterocycles. The third kappa shape index (κ3) is 3.51. The third-order valence-electron chi connectivity index (χ3n) is 3.58. The molecule has 1 aliphatic rings. The predicted octanol–water partition coefficient (Wildman–Crippen LogP) is 2.11. The summed E-state index contributed by atoms with van der Waals surface area (Å²) in [5.74, 6) is 1.39. The maximum Gasteiger partial charge on any atom is 0.123 e. The van der Waals surface area contributed by atoms with E-state index in [1.807, 2.05) is 12.1 Å². The molecule has 1 heterocycles. The summed E-state index contributed by atoms with van der Waals surface area (Å²) in [4.78, 5) is 2.32. The smallest absolute Gasteiger partial charge is 0.123 e. The van der Waals surface area contributed by atoms with Crippen LogP contribution in [-0.2, 0) is 6.54 Å². The van der Waals surface area contributed by atoms with Crippen molar-refractivity contribution in [2.75, 3.05) is 26.7 Å². The van der Waals surface area contributed by atoms with Crippen molar-refractivity contribution in [3.8, 4) is 0 Å². The Morgan fingerprint density at radius 3 is 2.53 bits per heavy atom. The molecule has 0 spiro atoms. The van der Waals surface area contributed by atoms with Gasteiger partial charge in [-0.1, -0.05) is 19.1 Å². The quantitative estimate of drug-likeness (QED) is 0.842. The van der Waals surface area contributed by atoms with Gasteiger partial charge in [0.2, 0.25) is 0 Å². The van der Waals surface area contributed by atoms with Crippen molar-refractivity contribution >= 4 is 0 Å². The van der Waals surface area contributed by atoms with Gasteiger partial charge in [0.25, 0.3) is 0 Å². The van der Waals surface area contributed by atoms with Crippen molar-refractivity contribution in [1.29, 1.82) is 0 Å². The van der Waals surface area contributed by atoms with Crippen molar-refractivity contribution in [3.05, 3.63) is 35.6 Å².